The lowest BCUT2D eigenvalue weighted by Gasteiger charge is -2.08. The molecule has 0 radical (unpaired) electrons. The van der Waals surface area contributed by atoms with Gasteiger partial charge in [0.25, 0.3) is 11.6 Å². The first-order chi connectivity index (χ1) is 9.90. The summed E-state index contributed by atoms with van der Waals surface area (Å²) < 4.78 is 0. The van der Waals surface area contributed by atoms with Gasteiger partial charge in [-0.1, -0.05) is 34.8 Å². The summed E-state index contributed by atoms with van der Waals surface area (Å²) in [6, 6.07) is 5.20. The summed E-state index contributed by atoms with van der Waals surface area (Å²) in [5, 5.41) is 13.2. The van der Waals surface area contributed by atoms with Crippen molar-refractivity contribution in [3.8, 4) is 0 Å². The lowest BCUT2D eigenvalue weighted by Crippen LogP contribution is -2.13. The third kappa shape index (κ3) is 3.41. The van der Waals surface area contributed by atoms with Gasteiger partial charge in [-0.2, -0.15) is 0 Å². The Morgan fingerprint density at radius 1 is 1.29 bits per heavy atom. The van der Waals surface area contributed by atoms with E-state index in [0.29, 0.717) is 0 Å². The van der Waals surface area contributed by atoms with Crippen LogP contribution >= 0.6 is 34.8 Å². The molecular formula is C12H6Cl3N3O3. The number of nitrogens with zero attached hydrogens (tertiary/aromatic N) is 2. The average molecular weight is 347 g/mol. The van der Waals surface area contributed by atoms with Crippen molar-refractivity contribution >= 4 is 52.1 Å². The van der Waals surface area contributed by atoms with Crippen molar-refractivity contribution in [1.82, 2.24) is 4.98 Å². The Morgan fingerprint density at radius 3 is 2.62 bits per heavy atom. The zero-order valence-electron chi connectivity index (χ0n) is 10.1. The molecule has 0 aliphatic rings. The minimum absolute atomic E-state index is 0.0819. The zero-order chi connectivity index (χ0) is 15.6. The smallest absolute Gasteiger partial charge is 0.271 e. The number of nitrogens with one attached hydrogen (secondary N) is 1. The summed E-state index contributed by atoms with van der Waals surface area (Å²) in [7, 11) is 0. The first-order valence-corrected chi connectivity index (χ1v) is 6.59. The topological polar surface area (TPSA) is 85.1 Å². The van der Waals surface area contributed by atoms with E-state index in [2.05, 4.69) is 10.3 Å². The van der Waals surface area contributed by atoms with Crippen LogP contribution < -0.4 is 5.32 Å². The van der Waals surface area contributed by atoms with Crippen molar-refractivity contribution in [2.24, 2.45) is 0 Å². The Labute approximate surface area is 133 Å². The molecule has 1 aromatic carbocycles. The number of rotatable bonds is 3. The van der Waals surface area contributed by atoms with Gasteiger partial charge in [0.15, 0.2) is 5.15 Å². The standard InChI is InChI=1S/C12H6Cl3N3O3/c13-8-5-6(18(20)21)4-7(10(8)14)12(19)17-9-2-1-3-16-11(9)15/h1-5H,(H,17,19). The Morgan fingerprint density at radius 2 is 2.00 bits per heavy atom. The highest BCUT2D eigenvalue weighted by Gasteiger charge is 2.20. The van der Waals surface area contributed by atoms with Crippen molar-refractivity contribution in [2.45, 2.75) is 0 Å². The first kappa shape index (κ1) is 15.5. The van der Waals surface area contributed by atoms with E-state index in [0.717, 1.165) is 12.1 Å². The fourth-order valence-corrected chi connectivity index (χ4v) is 2.09. The number of aromatic nitrogens is 1. The van der Waals surface area contributed by atoms with E-state index < -0.39 is 10.8 Å². The number of carbonyl (C=O) groups excluding carboxylic acids is 1. The normalized spacial score (nSPS) is 10.2. The van der Waals surface area contributed by atoms with Crippen molar-refractivity contribution in [3.05, 3.63) is 61.3 Å². The van der Waals surface area contributed by atoms with Gasteiger partial charge >= 0.3 is 0 Å². The van der Waals surface area contributed by atoms with Gasteiger partial charge in [-0.15, -0.1) is 0 Å². The number of halogens is 3. The number of nitro groups is 1. The van der Waals surface area contributed by atoms with E-state index in [1.54, 1.807) is 6.07 Å². The third-order valence-corrected chi connectivity index (χ3v) is 3.58. The Hall–Kier alpha value is -1.89. The van der Waals surface area contributed by atoms with Gasteiger partial charge in [0.05, 0.1) is 26.2 Å². The quantitative estimate of drug-likeness (QED) is 0.512. The van der Waals surface area contributed by atoms with Crippen LogP contribution in [0, 0.1) is 10.1 Å². The van der Waals surface area contributed by atoms with Crippen molar-refractivity contribution in [2.75, 3.05) is 5.32 Å². The van der Waals surface area contributed by atoms with Crippen LogP contribution in [-0.2, 0) is 0 Å². The second kappa shape index (κ2) is 6.26. The summed E-state index contributed by atoms with van der Waals surface area (Å²) in [5.41, 5.74) is -0.217. The van der Waals surface area contributed by atoms with Gasteiger partial charge in [-0.05, 0) is 12.1 Å². The predicted molar refractivity (Wildman–Crippen MR) is 80.3 cm³/mol. The van der Waals surface area contributed by atoms with Crippen LogP contribution in [0.2, 0.25) is 15.2 Å². The van der Waals surface area contributed by atoms with Crippen molar-refractivity contribution in [1.29, 1.82) is 0 Å². The van der Waals surface area contributed by atoms with Crippen LogP contribution in [0.4, 0.5) is 11.4 Å². The molecule has 0 unspecified atom stereocenters. The monoisotopic (exact) mass is 345 g/mol. The molecule has 1 aromatic heterocycles. The van der Waals surface area contributed by atoms with E-state index in [9.17, 15) is 14.9 Å². The lowest BCUT2D eigenvalue weighted by atomic mass is 10.2. The van der Waals surface area contributed by atoms with Crippen LogP contribution in [0.15, 0.2) is 30.5 Å². The fraction of sp³-hybridized carbons (Fsp3) is 0. The number of non-ortho nitro benzene ring substituents is 1. The van der Waals surface area contributed by atoms with E-state index in [4.69, 9.17) is 34.8 Å². The highest BCUT2D eigenvalue weighted by Crippen LogP contribution is 2.31. The van der Waals surface area contributed by atoms with Gasteiger partial charge in [0.1, 0.15) is 0 Å². The van der Waals surface area contributed by atoms with Crippen LogP contribution in [0.25, 0.3) is 0 Å². The number of benzene rings is 1. The lowest BCUT2D eigenvalue weighted by molar-refractivity contribution is -0.384. The van der Waals surface area contributed by atoms with Crippen LogP contribution in [-0.4, -0.2) is 15.8 Å². The molecule has 0 fully saturated rings. The van der Waals surface area contributed by atoms with Crippen LogP contribution in [0.1, 0.15) is 10.4 Å². The molecule has 0 saturated heterocycles. The maximum atomic E-state index is 12.2. The van der Waals surface area contributed by atoms with Gasteiger partial charge < -0.3 is 5.32 Å². The molecule has 1 amide bonds. The van der Waals surface area contributed by atoms with Gasteiger partial charge in [0, 0.05) is 18.3 Å². The van der Waals surface area contributed by atoms with Gasteiger partial charge in [-0.3, -0.25) is 14.9 Å². The summed E-state index contributed by atoms with van der Waals surface area (Å²) in [6.07, 6.45) is 1.45. The Bertz CT molecular complexity index is 737. The minimum atomic E-state index is -0.680. The van der Waals surface area contributed by atoms with Gasteiger partial charge in [0.2, 0.25) is 0 Å². The van der Waals surface area contributed by atoms with E-state index in [1.165, 1.54) is 12.3 Å². The number of anilines is 1. The van der Waals surface area contributed by atoms with E-state index in [-0.39, 0.29) is 32.1 Å². The molecule has 9 heteroatoms. The molecule has 21 heavy (non-hydrogen) atoms. The van der Waals surface area contributed by atoms with Crippen molar-refractivity contribution in [3.63, 3.8) is 0 Å². The molecule has 0 aliphatic carbocycles. The fourth-order valence-electron chi connectivity index (χ4n) is 1.51. The van der Waals surface area contributed by atoms with Crippen LogP contribution in [0.3, 0.4) is 0 Å². The second-order valence-corrected chi connectivity index (χ2v) is 4.99. The van der Waals surface area contributed by atoms with Crippen molar-refractivity contribution < 1.29 is 9.72 Å². The van der Waals surface area contributed by atoms with E-state index >= 15 is 0 Å². The summed E-state index contributed by atoms with van der Waals surface area (Å²) in [6.45, 7) is 0. The van der Waals surface area contributed by atoms with Crippen LogP contribution in [0.5, 0.6) is 0 Å². The highest BCUT2D eigenvalue weighted by atomic mass is 35.5. The largest absolute Gasteiger partial charge is 0.319 e. The van der Waals surface area contributed by atoms with Gasteiger partial charge in [-0.25, -0.2) is 4.98 Å². The maximum absolute atomic E-state index is 12.2. The number of hydrogen-bond donors (Lipinski definition) is 1. The van der Waals surface area contributed by atoms with E-state index in [1.807, 2.05) is 0 Å². The number of pyridine rings is 1. The molecule has 2 aromatic rings. The summed E-state index contributed by atoms with van der Waals surface area (Å²) >= 11 is 17.5. The SMILES string of the molecule is O=C(Nc1cccnc1Cl)c1cc([N+](=O)[O-])cc(Cl)c1Cl. The molecule has 0 spiro atoms. The molecule has 0 aliphatic heterocycles. The molecule has 0 saturated carbocycles. The Balaban J connectivity index is 2.39. The third-order valence-electron chi connectivity index (χ3n) is 2.48. The number of amides is 1. The summed E-state index contributed by atoms with van der Waals surface area (Å²) in [4.78, 5) is 26.1. The first-order valence-electron chi connectivity index (χ1n) is 5.45. The molecular weight excluding hydrogens is 341 g/mol. The number of carbonyl (C=O) groups is 1. The minimum Gasteiger partial charge on any atom is -0.319 e. The number of nitro benzene ring substituents is 1. The summed E-state index contributed by atoms with van der Waals surface area (Å²) in [5.74, 6) is -0.680. The zero-order valence-corrected chi connectivity index (χ0v) is 12.4. The number of hydrogen-bond acceptors (Lipinski definition) is 4. The maximum Gasteiger partial charge on any atom is 0.271 e. The Kier molecular flexibility index (Phi) is 4.62. The molecule has 0 atom stereocenters. The molecule has 108 valence electrons. The molecule has 0 bridgehead atoms. The highest BCUT2D eigenvalue weighted by molar-refractivity contribution is 6.44. The molecule has 1 heterocycles. The average Bonchev–Trinajstić information content (AvgIpc) is 2.43. The second-order valence-electron chi connectivity index (χ2n) is 3.84. The molecule has 6 nitrogen and oxygen atoms in total. The predicted octanol–water partition coefficient (Wildman–Crippen LogP) is 4.20. The molecule has 2 rings (SSSR count). The molecule has 1 N–H and O–H groups in total.